The van der Waals surface area contributed by atoms with E-state index in [1.165, 1.54) is 12.8 Å². The smallest absolute Gasteiger partial charge is 0.161 e. The van der Waals surface area contributed by atoms with Crippen LogP contribution in [0, 0.1) is 0 Å². The monoisotopic (exact) mass is 251 g/mol. The molecule has 1 unspecified atom stereocenters. The van der Waals surface area contributed by atoms with Crippen LogP contribution in [0.3, 0.4) is 0 Å². The van der Waals surface area contributed by atoms with Gasteiger partial charge in [0.2, 0.25) is 0 Å². The predicted molar refractivity (Wildman–Crippen MR) is 70.3 cm³/mol. The molecular formula is C14H21NO3. The molecule has 4 nitrogen and oxygen atoms in total. The molecule has 1 heterocycles. The van der Waals surface area contributed by atoms with Crippen LogP contribution in [0.25, 0.3) is 0 Å². The van der Waals surface area contributed by atoms with Crippen LogP contribution < -0.4 is 14.8 Å². The molecule has 0 aromatic heterocycles. The van der Waals surface area contributed by atoms with E-state index in [2.05, 4.69) is 5.32 Å². The largest absolute Gasteiger partial charge is 0.493 e. The van der Waals surface area contributed by atoms with E-state index in [0.29, 0.717) is 19.3 Å². The summed E-state index contributed by atoms with van der Waals surface area (Å²) < 4.78 is 16.4. The molecule has 100 valence electrons. The summed E-state index contributed by atoms with van der Waals surface area (Å²) in [6.07, 6.45) is 2.47. The first kappa shape index (κ1) is 13.2. The van der Waals surface area contributed by atoms with Gasteiger partial charge in [0.25, 0.3) is 0 Å². The predicted octanol–water partition coefficient (Wildman–Crippen LogP) is 1.84. The van der Waals surface area contributed by atoms with E-state index >= 15 is 0 Å². The van der Waals surface area contributed by atoms with Crippen LogP contribution in [-0.2, 0) is 4.74 Å². The van der Waals surface area contributed by atoms with Crippen molar-refractivity contribution in [3.63, 3.8) is 0 Å². The third kappa shape index (κ3) is 3.89. The zero-order valence-corrected chi connectivity index (χ0v) is 10.9. The number of hydrogen-bond acceptors (Lipinski definition) is 4. The molecule has 1 N–H and O–H groups in total. The van der Waals surface area contributed by atoms with E-state index in [1.54, 1.807) is 7.11 Å². The van der Waals surface area contributed by atoms with Crippen molar-refractivity contribution in [3.05, 3.63) is 24.3 Å². The minimum absolute atomic E-state index is 0.524. The fourth-order valence-corrected chi connectivity index (χ4v) is 2.07. The molecule has 1 aliphatic heterocycles. The first-order valence-electron chi connectivity index (χ1n) is 6.47. The Morgan fingerprint density at radius 2 is 2.06 bits per heavy atom. The standard InChI is InChI=1S/C14H21NO3/c1-16-13-6-2-3-7-14(13)18-10-9-17-11-12-5-4-8-15-12/h2-3,6-7,12,15H,4-5,8-11H2,1H3. The summed E-state index contributed by atoms with van der Waals surface area (Å²) in [5.41, 5.74) is 0. The van der Waals surface area contributed by atoms with Crippen molar-refractivity contribution in [1.82, 2.24) is 5.32 Å². The van der Waals surface area contributed by atoms with Crippen molar-refractivity contribution in [2.24, 2.45) is 0 Å². The van der Waals surface area contributed by atoms with E-state index in [4.69, 9.17) is 14.2 Å². The van der Waals surface area contributed by atoms with Gasteiger partial charge in [0.15, 0.2) is 11.5 Å². The lowest BCUT2D eigenvalue weighted by atomic mass is 10.2. The van der Waals surface area contributed by atoms with Gasteiger partial charge in [-0.05, 0) is 31.5 Å². The highest BCUT2D eigenvalue weighted by Gasteiger charge is 2.13. The zero-order chi connectivity index (χ0) is 12.6. The van der Waals surface area contributed by atoms with Gasteiger partial charge in [-0.15, -0.1) is 0 Å². The molecule has 1 aromatic rings. The number of benzene rings is 1. The fourth-order valence-electron chi connectivity index (χ4n) is 2.07. The maximum atomic E-state index is 5.62. The Morgan fingerprint density at radius 1 is 1.22 bits per heavy atom. The Labute approximate surface area is 108 Å². The highest BCUT2D eigenvalue weighted by molar-refractivity contribution is 5.39. The van der Waals surface area contributed by atoms with E-state index < -0.39 is 0 Å². The molecule has 18 heavy (non-hydrogen) atoms. The number of para-hydroxylation sites is 2. The van der Waals surface area contributed by atoms with Gasteiger partial charge in [0, 0.05) is 6.04 Å². The van der Waals surface area contributed by atoms with Crippen molar-refractivity contribution < 1.29 is 14.2 Å². The lowest BCUT2D eigenvalue weighted by molar-refractivity contribution is 0.0861. The molecule has 1 saturated heterocycles. The zero-order valence-electron chi connectivity index (χ0n) is 10.9. The normalized spacial score (nSPS) is 18.8. The molecule has 1 aromatic carbocycles. The highest BCUT2D eigenvalue weighted by Crippen LogP contribution is 2.25. The van der Waals surface area contributed by atoms with Crippen molar-refractivity contribution in [3.8, 4) is 11.5 Å². The Kier molecular flexibility index (Phi) is 5.30. The molecule has 1 fully saturated rings. The minimum Gasteiger partial charge on any atom is -0.493 e. The summed E-state index contributed by atoms with van der Waals surface area (Å²) in [4.78, 5) is 0. The number of rotatable bonds is 7. The van der Waals surface area contributed by atoms with Crippen LogP contribution in [0.5, 0.6) is 11.5 Å². The average Bonchev–Trinajstić information content (AvgIpc) is 2.92. The van der Waals surface area contributed by atoms with Crippen LogP contribution in [-0.4, -0.2) is 39.5 Å². The van der Waals surface area contributed by atoms with E-state index in [0.717, 1.165) is 24.7 Å². The van der Waals surface area contributed by atoms with Gasteiger partial charge in [-0.1, -0.05) is 12.1 Å². The molecular weight excluding hydrogens is 230 g/mol. The second-order valence-electron chi connectivity index (χ2n) is 4.37. The summed E-state index contributed by atoms with van der Waals surface area (Å²) in [7, 11) is 1.64. The fraction of sp³-hybridized carbons (Fsp3) is 0.571. The second-order valence-corrected chi connectivity index (χ2v) is 4.37. The summed E-state index contributed by atoms with van der Waals surface area (Å²) in [5, 5.41) is 3.40. The summed E-state index contributed by atoms with van der Waals surface area (Å²) in [6.45, 7) is 3.05. The van der Waals surface area contributed by atoms with Gasteiger partial charge >= 0.3 is 0 Å². The number of methoxy groups -OCH3 is 1. The molecule has 0 radical (unpaired) electrons. The SMILES string of the molecule is COc1ccccc1OCCOCC1CCCN1. The maximum absolute atomic E-state index is 5.62. The Hall–Kier alpha value is -1.26. The number of ether oxygens (including phenoxy) is 3. The van der Waals surface area contributed by atoms with Crippen LogP contribution >= 0.6 is 0 Å². The molecule has 0 saturated carbocycles. The average molecular weight is 251 g/mol. The van der Waals surface area contributed by atoms with Gasteiger partial charge in [0.05, 0.1) is 20.3 Å². The third-order valence-electron chi connectivity index (χ3n) is 3.04. The van der Waals surface area contributed by atoms with Gasteiger partial charge in [-0.3, -0.25) is 0 Å². The molecule has 2 rings (SSSR count). The molecule has 0 amide bonds. The summed E-state index contributed by atoms with van der Waals surface area (Å²) >= 11 is 0. The highest BCUT2D eigenvalue weighted by atomic mass is 16.5. The topological polar surface area (TPSA) is 39.7 Å². The summed E-state index contributed by atoms with van der Waals surface area (Å²) in [6, 6.07) is 8.17. The van der Waals surface area contributed by atoms with Gasteiger partial charge < -0.3 is 19.5 Å². The molecule has 1 aliphatic rings. The van der Waals surface area contributed by atoms with E-state index in [1.807, 2.05) is 24.3 Å². The van der Waals surface area contributed by atoms with Crippen LogP contribution in [0.15, 0.2) is 24.3 Å². The summed E-state index contributed by atoms with van der Waals surface area (Å²) in [5.74, 6) is 1.53. The van der Waals surface area contributed by atoms with Crippen molar-refractivity contribution in [2.75, 3.05) is 33.5 Å². The van der Waals surface area contributed by atoms with Crippen molar-refractivity contribution in [2.45, 2.75) is 18.9 Å². The Morgan fingerprint density at radius 3 is 2.78 bits per heavy atom. The molecule has 0 spiro atoms. The quantitative estimate of drug-likeness (QED) is 0.751. The first-order chi connectivity index (χ1) is 8.90. The third-order valence-corrected chi connectivity index (χ3v) is 3.04. The van der Waals surface area contributed by atoms with Gasteiger partial charge in [0.1, 0.15) is 6.61 Å². The maximum Gasteiger partial charge on any atom is 0.161 e. The van der Waals surface area contributed by atoms with Crippen molar-refractivity contribution >= 4 is 0 Å². The van der Waals surface area contributed by atoms with E-state index in [9.17, 15) is 0 Å². The van der Waals surface area contributed by atoms with Crippen LogP contribution in [0.1, 0.15) is 12.8 Å². The van der Waals surface area contributed by atoms with Crippen LogP contribution in [0.4, 0.5) is 0 Å². The second kappa shape index (κ2) is 7.24. The molecule has 0 bridgehead atoms. The lowest BCUT2D eigenvalue weighted by Crippen LogP contribution is -2.27. The molecule has 4 heteroatoms. The minimum atomic E-state index is 0.524. The van der Waals surface area contributed by atoms with E-state index in [-0.39, 0.29) is 0 Å². The number of hydrogen-bond donors (Lipinski definition) is 1. The van der Waals surface area contributed by atoms with Crippen LogP contribution in [0.2, 0.25) is 0 Å². The first-order valence-corrected chi connectivity index (χ1v) is 6.47. The lowest BCUT2D eigenvalue weighted by Gasteiger charge is -2.12. The van der Waals surface area contributed by atoms with Crippen molar-refractivity contribution in [1.29, 1.82) is 0 Å². The molecule has 1 atom stereocenters. The van der Waals surface area contributed by atoms with Gasteiger partial charge in [-0.25, -0.2) is 0 Å². The Bertz CT molecular complexity index is 351. The molecule has 0 aliphatic carbocycles. The Balaban J connectivity index is 1.62. The van der Waals surface area contributed by atoms with Gasteiger partial charge in [-0.2, -0.15) is 0 Å². The number of nitrogens with one attached hydrogen (secondary N) is 1.